The Kier molecular flexibility index (Phi) is 7.32. The van der Waals surface area contributed by atoms with Gasteiger partial charge in [0.15, 0.2) is 11.5 Å². The number of anilines is 1. The third-order valence-corrected chi connectivity index (χ3v) is 5.03. The maximum Gasteiger partial charge on any atom is 0.180 e. The van der Waals surface area contributed by atoms with Crippen molar-refractivity contribution < 1.29 is 9.47 Å². The summed E-state index contributed by atoms with van der Waals surface area (Å²) in [7, 11) is 0. The maximum atomic E-state index is 6.49. The number of hydrogen-bond acceptors (Lipinski definition) is 3. The van der Waals surface area contributed by atoms with Crippen molar-refractivity contribution in [3.8, 4) is 11.5 Å². The molecule has 3 aromatic rings. The first-order chi connectivity index (χ1) is 13.6. The van der Waals surface area contributed by atoms with Crippen molar-refractivity contribution >= 4 is 40.5 Å². The first-order valence-corrected chi connectivity index (χ1v) is 10.0. The molecule has 6 heteroatoms. The van der Waals surface area contributed by atoms with Crippen molar-refractivity contribution in [2.45, 2.75) is 20.1 Å². The van der Waals surface area contributed by atoms with Gasteiger partial charge in [-0.05, 0) is 48.4 Å². The van der Waals surface area contributed by atoms with Crippen LogP contribution in [-0.4, -0.2) is 6.61 Å². The standard InChI is InChI=1S/C22H20Cl3NO2/c1-2-27-21-11-16(13-26-17-8-9-18(23)19(24)12-17)10-20(25)22(21)28-14-15-6-4-3-5-7-15/h3-12,26H,2,13-14H2,1H3. The Morgan fingerprint density at radius 3 is 2.29 bits per heavy atom. The highest BCUT2D eigenvalue weighted by Gasteiger charge is 2.13. The van der Waals surface area contributed by atoms with E-state index in [9.17, 15) is 0 Å². The zero-order chi connectivity index (χ0) is 19.9. The van der Waals surface area contributed by atoms with E-state index in [1.54, 1.807) is 12.1 Å². The largest absolute Gasteiger partial charge is 0.490 e. The Hall–Kier alpha value is -2.07. The summed E-state index contributed by atoms with van der Waals surface area (Å²) in [6.45, 7) is 3.41. The van der Waals surface area contributed by atoms with E-state index >= 15 is 0 Å². The topological polar surface area (TPSA) is 30.5 Å². The predicted molar refractivity (Wildman–Crippen MR) is 117 cm³/mol. The van der Waals surface area contributed by atoms with E-state index in [4.69, 9.17) is 44.3 Å². The van der Waals surface area contributed by atoms with Crippen LogP contribution in [0, 0.1) is 0 Å². The SMILES string of the molecule is CCOc1cc(CNc2ccc(Cl)c(Cl)c2)cc(Cl)c1OCc1ccccc1. The van der Waals surface area contributed by atoms with Gasteiger partial charge in [0.05, 0.1) is 21.7 Å². The molecule has 0 spiro atoms. The van der Waals surface area contributed by atoms with Gasteiger partial charge in [-0.25, -0.2) is 0 Å². The molecule has 0 aromatic heterocycles. The van der Waals surface area contributed by atoms with Crippen LogP contribution in [-0.2, 0) is 13.2 Å². The summed E-state index contributed by atoms with van der Waals surface area (Å²) in [5.74, 6) is 1.17. The monoisotopic (exact) mass is 435 g/mol. The van der Waals surface area contributed by atoms with Gasteiger partial charge in [0, 0.05) is 12.2 Å². The average Bonchev–Trinajstić information content (AvgIpc) is 2.69. The van der Waals surface area contributed by atoms with Crippen LogP contribution >= 0.6 is 34.8 Å². The Morgan fingerprint density at radius 2 is 1.57 bits per heavy atom. The first kappa shape index (κ1) is 20.7. The molecule has 0 saturated heterocycles. The molecule has 0 radical (unpaired) electrons. The summed E-state index contributed by atoms with van der Waals surface area (Å²) in [5.41, 5.74) is 2.89. The molecule has 0 aliphatic rings. The second kappa shape index (κ2) is 9.92. The van der Waals surface area contributed by atoms with Crippen LogP contribution in [0.15, 0.2) is 60.7 Å². The molecule has 0 heterocycles. The summed E-state index contributed by atoms with van der Waals surface area (Å²) < 4.78 is 11.7. The number of nitrogens with one attached hydrogen (secondary N) is 1. The Balaban J connectivity index is 1.74. The van der Waals surface area contributed by atoms with Crippen LogP contribution in [0.2, 0.25) is 15.1 Å². The lowest BCUT2D eigenvalue weighted by molar-refractivity contribution is 0.269. The van der Waals surface area contributed by atoms with Crippen LogP contribution in [0.1, 0.15) is 18.1 Å². The minimum absolute atomic E-state index is 0.418. The van der Waals surface area contributed by atoms with Crippen molar-refractivity contribution in [2.24, 2.45) is 0 Å². The number of benzene rings is 3. The summed E-state index contributed by atoms with van der Waals surface area (Å²) >= 11 is 18.5. The lowest BCUT2D eigenvalue weighted by atomic mass is 10.2. The molecule has 0 amide bonds. The van der Waals surface area contributed by atoms with Crippen molar-refractivity contribution in [3.63, 3.8) is 0 Å². The zero-order valence-electron chi connectivity index (χ0n) is 15.3. The van der Waals surface area contributed by atoms with Crippen molar-refractivity contribution in [1.29, 1.82) is 0 Å². The van der Waals surface area contributed by atoms with Gasteiger partial charge in [0.2, 0.25) is 0 Å². The minimum atomic E-state index is 0.418. The fourth-order valence-electron chi connectivity index (χ4n) is 2.67. The molecule has 1 N–H and O–H groups in total. The van der Waals surface area contributed by atoms with Crippen molar-refractivity contribution in [1.82, 2.24) is 0 Å². The van der Waals surface area contributed by atoms with Crippen molar-refractivity contribution in [2.75, 3.05) is 11.9 Å². The smallest absolute Gasteiger partial charge is 0.180 e. The van der Waals surface area contributed by atoms with Gasteiger partial charge in [-0.1, -0.05) is 65.1 Å². The molecule has 0 atom stereocenters. The van der Waals surface area contributed by atoms with Crippen LogP contribution in [0.5, 0.6) is 11.5 Å². The fraction of sp³-hybridized carbons (Fsp3) is 0.182. The quantitative estimate of drug-likeness (QED) is 0.404. The van der Waals surface area contributed by atoms with E-state index in [1.807, 2.05) is 55.5 Å². The van der Waals surface area contributed by atoms with Gasteiger partial charge in [-0.3, -0.25) is 0 Å². The molecule has 28 heavy (non-hydrogen) atoms. The van der Waals surface area contributed by atoms with Crippen LogP contribution in [0.4, 0.5) is 5.69 Å². The first-order valence-electron chi connectivity index (χ1n) is 8.87. The van der Waals surface area contributed by atoms with Gasteiger partial charge >= 0.3 is 0 Å². The number of rotatable bonds is 8. The number of ether oxygens (including phenoxy) is 2. The predicted octanol–water partition coefficient (Wildman–Crippen LogP) is 7.24. The van der Waals surface area contributed by atoms with E-state index < -0.39 is 0 Å². The second-order valence-electron chi connectivity index (χ2n) is 6.09. The van der Waals surface area contributed by atoms with Crippen LogP contribution in [0.3, 0.4) is 0 Å². The van der Waals surface area contributed by atoms with Gasteiger partial charge in [0.1, 0.15) is 6.61 Å². The van der Waals surface area contributed by atoms with E-state index in [0.717, 1.165) is 16.8 Å². The zero-order valence-corrected chi connectivity index (χ0v) is 17.6. The normalized spacial score (nSPS) is 10.6. The molecule has 3 aromatic carbocycles. The van der Waals surface area contributed by atoms with E-state index in [2.05, 4.69) is 5.32 Å². The average molecular weight is 437 g/mol. The highest BCUT2D eigenvalue weighted by Crippen LogP contribution is 2.37. The molecule has 0 aliphatic carbocycles. The molecular weight excluding hydrogens is 417 g/mol. The minimum Gasteiger partial charge on any atom is -0.490 e. The Bertz CT molecular complexity index is 933. The highest BCUT2D eigenvalue weighted by atomic mass is 35.5. The summed E-state index contributed by atoms with van der Waals surface area (Å²) in [4.78, 5) is 0. The molecule has 0 bridgehead atoms. The number of hydrogen-bond donors (Lipinski definition) is 1. The highest BCUT2D eigenvalue weighted by molar-refractivity contribution is 6.42. The number of halogens is 3. The third-order valence-electron chi connectivity index (χ3n) is 4.01. The second-order valence-corrected chi connectivity index (χ2v) is 7.32. The summed E-state index contributed by atoms with van der Waals surface area (Å²) in [6, 6.07) is 19.1. The lowest BCUT2D eigenvalue weighted by Crippen LogP contribution is -2.04. The van der Waals surface area contributed by atoms with Crippen LogP contribution in [0.25, 0.3) is 0 Å². The van der Waals surface area contributed by atoms with E-state index in [0.29, 0.717) is 46.3 Å². The molecule has 146 valence electrons. The fourth-order valence-corrected chi connectivity index (χ4v) is 3.25. The lowest BCUT2D eigenvalue weighted by Gasteiger charge is -2.16. The van der Waals surface area contributed by atoms with Gasteiger partial charge < -0.3 is 14.8 Å². The molecule has 3 rings (SSSR count). The molecule has 0 saturated carbocycles. The van der Waals surface area contributed by atoms with Gasteiger partial charge in [-0.15, -0.1) is 0 Å². The molecule has 0 aliphatic heterocycles. The van der Waals surface area contributed by atoms with E-state index in [1.165, 1.54) is 0 Å². The molecule has 3 nitrogen and oxygen atoms in total. The van der Waals surface area contributed by atoms with Gasteiger partial charge in [0.25, 0.3) is 0 Å². The maximum absolute atomic E-state index is 6.49. The van der Waals surface area contributed by atoms with E-state index in [-0.39, 0.29) is 0 Å². The Labute approximate surface area is 180 Å². The third kappa shape index (κ3) is 5.48. The van der Waals surface area contributed by atoms with Crippen molar-refractivity contribution in [3.05, 3.63) is 86.9 Å². The molecule has 0 fully saturated rings. The Morgan fingerprint density at radius 1 is 0.786 bits per heavy atom. The summed E-state index contributed by atoms with van der Waals surface area (Å²) in [6.07, 6.45) is 0. The van der Waals surface area contributed by atoms with Crippen LogP contribution < -0.4 is 14.8 Å². The summed E-state index contributed by atoms with van der Waals surface area (Å²) in [5, 5.41) is 4.84. The molecular formula is C22H20Cl3NO2. The molecule has 0 unspecified atom stereocenters. The van der Waals surface area contributed by atoms with Gasteiger partial charge in [-0.2, -0.15) is 0 Å².